The van der Waals surface area contributed by atoms with Crippen LogP contribution in [0, 0.1) is 0 Å². The van der Waals surface area contributed by atoms with Crippen molar-refractivity contribution in [2.24, 2.45) is 0 Å². The lowest BCUT2D eigenvalue weighted by molar-refractivity contribution is 0.122. The highest BCUT2D eigenvalue weighted by atomic mass is 32.2. The van der Waals surface area contributed by atoms with Crippen molar-refractivity contribution in [3.05, 3.63) is 54.7 Å². The normalized spacial score (nSPS) is 13.9. The van der Waals surface area contributed by atoms with Gasteiger partial charge in [-0.1, -0.05) is 6.07 Å². The molecule has 0 saturated carbocycles. The van der Waals surface area contributed by atoms with E-state index in [9.17, 15) is 5.11 Å². The molecule has 1 aromatic heterocycles. The fourth-order valence-corrected chi connectivity index (χ4v) is 3.54. The molecule has 3 N–H and O–H groups in total. The van der Waals surface area contributed by atoms with Gasteiger partial charge in [0.2, 0.25) is 5.95 Å². The molecule has 0 spiro atoms. The maximum Gasteiger partial charge on any atom is 0.229 e. The van der Waals surface area contributed by atoms with Crippen molar-refractivity contribution in [1.29, 1.82) is 0 Å². The first-order valence-electron chi connectivity index (χ1n) is 9.38. The summed E-state index contributed by atoms with van der Waals surface area (Å²) < 4.78 is 5.41. The van der Waals surface area contributed by atoms with Crippen molar-refractivity contribution in [3.63, 3.8) is 0 Å². The molecule has 0 atom stereocenters. The fraction of sp³-hybridized carbons (Fsp3) is 0.238. The highest BCUT2D eigenvalue weighted by molar-refractivity contribution is 7.98. The van der Waals surface area contributed by atoms with Crippen LogP contribution in [0.25, 0.3) is 0 Å². The molecule has 1 saturated heterocycles. The predicted molar refractivity (Wildman–Crippen MR) is 118 cm³/mol. The lowest BCUT2D eigenvalue weighted by Gasteiger charge is -2.28. The lowest BCUT2D eigenvalue weighted by atomic mass is 10.2. The van der Waals surface area contributed by atoms with Gasteiger partial charge in [0.05, 0.1) is 18.1 Å². The number of rotatable bonds is 6. The quantitative estimate of drug-likeness (QED) is 0.522. The Hall–Kier alpha value is -2.97. The summed E-state index contributed by atoms with van der Waals surface area (Å²) in [6.45, 7) is 3.36. The van der Waals surface area contributed by atoms with Crippen molar-refractivity contribution in [2.75, 3.05) is 48.1 Å². The number of nitrogens with one attached hydrogen (secondary N) is 2. The van der Waals surface area contributed by atoms with Crippen LogP contribution in [-0.2, 0) is 4.74 Å². The Morgan fingerprint density at radius 1 is 1.03 bits per heavy atom. The summed E-state index contributed by atoms with van der Waals surface area (Å²) >= 11 is 1.56. The Morgan fingerprint density at radius 2 is 1.83 bits per heavy atom. The summed E-state index contributed by atoms with van der Waals surface area (Å²) in [7, 11) is 0. The van der Waals surface area contributed by atoms with Crippen LogP contribution < -0.4 is 15.5 Å². The minimum Gasteiger partial charge on any atom is -0.508 e. The smallest absolute Gasteiger partial charge is 0.229 e. The van der Waals surface area contributed by atoms with Crippen molar-refractivity contribution in [1.82, 2.24) is 9.97 Å². The topological polar surface area (TPSA) is 82.5 Å². The molecule has 150 valence electrons. The Kier molecular flexibility index (Phi) is 6.02. The Labute approximate surface area is 174 Å². The monoisotopic (exact) mass is 409 g/mol. The maximum absolute atomic E-state index is 9.68. The number of thioether (sulfide) groups is 1. The average molecular weight is 410 g/mol. The van der Waals surface area contributed by atoms with Gasteiger partial charge in [-0.25, -0.2) is 4.98 Å². The third-order valence-corrected chi connectivity index (χ3v) is 5.32. The summed E-state index contributed by atoms with van der Waals surface area (Å²) in [5.74, 6) is 1.39. The summed E-state index contributed by atoms with van der Waals surface area (Å²) in [6.07, 6.45) is 3.76. The number of aromatic nitrogens is 2. The molecule has 0 amide bonds. The van der Waals surface area contributed by atoms with E-state index in [0.29, 0.717) is 11.8 Å². The van der Waals surface area contributed by atoms with Gasteiger partial charge in [0.25, 0.3) is 0 Å². The number of ether oxygens (including phenoxy) is 1. The second-order valence-electron chi connectivity index (χ2n) is 6.56. The summed E-state index contributed by atoms with van der Waals surface area (Å²) in [5, 5.41) is 16.2. The molecule has 2 aromatic carbocycles. The van der Waals surface area contributed by atoms with Gasteiger partial charge in [0, 0.05) is 42.4 Å². The molecule has 1 aliphatic heterocycles. The van der Waals surface area contributed by atoms with Gasteiger partial charge in [-0.15, -0.1) is 11.8 Å². The van der Waals surface area contributed by atoms with Crippen LogP contribution in [0.5, 0.6) is 5.75 Å². The average Bonchev–Trinajstić information content (AvgIpc) is 2.75. The first-order valence-corrected chi connectivity index (χ1v) is 10.6. The van der Waals surface area contributed by atoms with Crippen LogP contribution >= 0.6 is 11.8 Å². The van der Waals surface area contributed by atoms with E-state index in [2.05, 4.69) is 37.6 Å². The lowest BCUT2D eigenvalue weighted by Crippen LogP contribution is -2.36. The van der Waals surface area contributed by atoms with Gasteiger partial charge in [-0.3, -0.25) is 0 Å². The van der Waals surface area contributed by atoms with Gasteiger partial charge < -0.3 is 25.4 Å². The van der Waals surface area contributed by atoms with Crippen molar-refractivity contribution < 1.29 is 9.84 Å². The van der Waals surface area contributed by atoms with Gasteiger partial charge in [-0.05, 0) is 42.7 Å². The number of aromatic hydroxyl groups is 1. The van der Waals surface area contributed by atoms with E-state index >= 15 is 0 Å². The first-order chi connectivity index (χ1) is 14.2. The van der Waals surface area contributed by atoms with Crippen LogP contribution in [0.3, 0.4) is 0 Å². The van der Waals surface area contributed by atoms with Crippen LogP contribution in [0.4, 0.5) is 28.8 Å². The molecular weight excluding hydrogens is 386 g/mol. The first kappa shape index (κ1) is 19.4. The number of morpholine rings is 1. The minimum absolute atomic E-state index is 0.202. The van der Waals surface area contributed by atoms with E-state index in [0.717, 1.165) is 42.6 Å². The van der Waals surface area contributed by atoms with E-state index in [-0.39, 0.29) is 5.75 Å². The van der Waals surface area contributed by atoms with Gasteiger partial charge in [0.1, 0.15) is 11.6 Å². The minimum atomic E-state index is 0.202. The standard InChI is InChI=1S/C21H23N5O2S/c1-29-19-14-22-21(25-20(19)23-16-3-2-4-18(27)13-16)24-15-5-7-17(8-6-15)26-9-11-28-12-10-26/h2-8,13-14,27H,9-12H2,1H3,(H2,22,23,24,25). The third-order valence-electron chi connectivity index (χ3n) is 4.58. The Morgan fingerprint density at radius 3 is 2.55 bits per heavy atom. The summed E-state index contributed by atoms with van der Waals surface area (Å²) in [5.41, 5.74) is 2.87. The molecule has 8 heteroatoms. The second kappa shape index (κ2) is 9.02. The second-order valence-corrected chi connectivity index (χ2v) is 7.41. The van der Waals surface area contributed by atoms with Gasteiger partial charge in [0.15, 0.2) is 0 Å². The summed E-state index contributed by atoms with van der Waals surface area (Å²) in [4.78, 5) is 12.3. The zero-order valence-electron chi connectivity index (χ0n) is 16.1. The highest BCUT2D eigenvalue weighted by Gasteiger charge is 2.12. The van der Waals surface area contributed by atoms with Crippen LogP contribution in [-0.4, -0.2) is 47.6 Å². The summed E-state index contributed by atoms with van der Waals surface area (Å²) in [6, 6.07) is 15.2. The number of phenolic OH excluding ortho intramolecular Hbond substituents is 1. The number of anilines is 5. The molecule has 29 heavy (non-hydrogen) atoms. The van der Waals surface area contributed by atoms with Crippen LogP contribution in [0.1, 0.15) is 0 Å². The molecule has 0 radical (unpaired) electrons. The highest BCUT2D eigenvalue weighted by Crippen LogP contribution is 2.29. The molecule has 0 aliphatic carbocycles. The molecule has 1 aliphatic rings. The zero-order chi connectivity index (χ0) is 20.1. The van der Waals surface area contributed by atoms with E-state index in [4.69, 9.17) is 4.74 Å². The molecular formula is C21H23N5O2S. The number of hydrogen-bond donors (Lipinski definition) is 3. The van der Waals surface area contributed by atoms with E-state index in [1.54, 1.807) is 36.2 Å². The number of hydrogen-bond acceptors (Lipinski definition) is 8. The molecule has 3 aromatic rings. The third kappa shape index (κ3) is 4.90. The molecule has 1 fully saturated rings. The maximum atomic E-state index is 9.68. The predicted octanol–water partition coefficient (Wildman–Crippen LogP) is 4.23. The van der Waals surface area contributed by atoms with Crippen LogP contribution in [0.2, 0.25) is 0 Å². The Balaban J connectivity index is 1.49. The number of phenols is 1. The number of nitrogens with zero attached hydrogens (tertiary/aromatic N) is 3. The van der Waals surface area contributed by atoms with E-state index in [1.165, 1.54) is 5.69 Å². The van der Waals surface area contributed by atoms with Gasteiger partial charge >= 0.3 is 0 Å². The van der Waals surface area contributed by atoms with Crippen molar-refractivity contribution in [3.8, 4) is 5.75 Å². The largest absolute Gasteiger partial charge is 0.508 e. The molecule has 0 bridgehead atoms. The fourth-order valence-electron chi connectivity index (χ4n) is 3.10. The van der Waals surface area contributed by atoms with Crippen LogP contribution in [0.15, 0.2) is 59.6 Å². The Bertz CT molecular complexity index is 962. The van der Waals surface area contributed by atoms with Crippen molar-refractivity contribution >= 4 is 40.6 Å². The molecule has 0 unspecified atom stereocenters. The van der Waals surface area contributed by atoms with E-state index < -0.39 is 0 Å². The van der Waals surface area contributed by atoms with Gasteiger partial charge in [-0.2, -0.15) is 4.98 Å². The number of benzene rings is 2. The molecule has 7 nitrogen and oxygen atoms in total. The molecule has 2 heterocycles. The zero-order valence-corrected chi connectivity index (χ0v) is 16.9. The molecule has 4 rings (SSSR count). The van der Waals surface area contributed by atoms with Crippen molar-refractivity contribution in [2.45, 2.75) is 4.90 Å². The van der Waals surface area contributed by atoms with E-state index in [1.807, 2.05) is 24.5 Å². The SMILES string of the molecule is CSc1cnc(Nc2ccc(N3CCOCC3)cc2)nc1Nc1cccc(O)c1.